The van der Waals surface area contributed by atoms with Crippen LogP contribution in [0.15, 0.2) is 0 Å². The van der Waals surface area contributed by atoms with Gasteiger partial charge in [-0.05, 0) is 19.3 Å². The zero-order chi connectivity index (χ0) is 14.6. The van der Waals surface area contributed by atoms with Crippen LogP contribution >= 0.6 is 11.3 Å². The van der Waals surface area contributed by atoms with Crippen molar-refractivity contribution < 1.29 is 8.42 Å². The summed E-state index contributed by atoms with van der Waals surface area (Å²) < 4.78 is 22.7. The molecule has 0 aliphatic carbocycles. The summed E-state index contributed by atoms with van der Waals surface area (Å²) >= 11 is 1.51. The molecule has 0 spiro atoms. The molecule has 0 aliphatic heterocycles. The fourth-order valence-corrected chi connectivity index (χ4v) is 4.05. The van der Waals surface area contributed by atoms with Gasteiger partial charge in [-0.15, -0.1) is 11.3 Å². The van der Waals surface area contributed by atoms with Crippen LogP contribution in [0.25, 0.3) is 0 Å². The Morgan fingerprint density at radius 3 is 2.42 bits per heavy atom. The van der Waals surface area contributed by atoms with Crippen LogP contribution in [0.5, 0.6) is 0 Å². The summed E-state index contributed by atoms with van der Waals surface area (Å²) in [5.41, 5.74) is 1.03. The topological polar surface area (TPSA) is 59.1 Å². The Labute approximate surface area is 120 Å². The van der Waals surface area contributed by atoms with Crippen LogP contribution in [0, 0.1) is 0 Å². The first-order valence-corrected chi connectivity index (χ1v) is 9.50. The number of rotatable bonds is 7. The summed E-state index contributed by atoms with van der Waals surface area (Å²) in [6, 6.07) is 0.459. The number of nitrogens with zero attached hydrogens (tertiary/aromatic N) is 1. The van der Waals surface area contributed by atoms with Crippen molar-refractivity contribution in [2.75, 3.05) is 6.26 Å². The van der Waals surface area contributed by atoms with Gasteiger partial charge in [0.1, 0.15) is 10.8 Å². The predicted molar refractivity (Wildman–Crippen MR) is 81.3 cm³/mol. The molecule has 1 aromatic heterocycles. The molecule has 0 aliphatic rings. The van der Waals surface area contributed by atoms with Crippen molar-refractivity contribution in [3.8, 4) is 0 Å². The second-order valence-corrected chi connectivity index (χ2v) is 8.64. The zero-order valence-electron chi connectivity index (χ0n) is 12.4. The summed E-state index contributed by atoms with van der Waals surface area (Å²) in [6.45, 7) is 9.23. The average molecular weight is 304 g/mol. The van der Waals surface area contributed by atoms with Gasteiger partial charge in [-0.1, -0.05) is 20.8 Å². The lowest BCUT2D eigenvalue weighted by Gasteiger charge is -2.11. The van der Waals surface area contributed by atoms with Crippen LogP contribution in [-0.4, -0.2) is 25.7 Å². The lowest BCUT2D eigenvalue weighted by atomic mass is 10.1. The molecular formula is C13H24N2O2S2. The van der Waals surface area contributed by atoms with Gasteiger partial charge in [-0.2, -0.15) is 0 Å². The number of sulfone groups is 1. The standard InChI is InChI=1S/C13H24N2O2S2/c1-6-10(4)14-7-11-13(9(2)3)15-12(18-11)8-19(5,16)17/h9-10,14H,6-8H2,1-5H3. The normalized spacial score (nSPS) is 14.0. The van der Waals surface area contributed by atoms with Crippen LogP contribution in [0.1, 0.15) is 55.6 Å². The third-order valence-corrected chi connectivity index (χ3v) is 4.98. The van der Waals surface area contributed by atoms with Crippen molar-refractivity contribution >= 4 is 21.2 Å². The maximum Gasteiger partial charge on any atom is 0.153 e. The van der Waals surface area contributed by atoms with Gasteiger partial charge in [0.25, 0.3) is 0 Å². The highest BCUT2D eigenvalue weighted by molar-refractivity contribution is 7.90. The molecule has 1 atom stereocenters. The van der Waals surface area contributed by atoms with E-state index in [9.17, 15) is 8.42 Å². The van der Waals surface area contributed by atoms with Crippen LogP contribution < -0.4 is 5.32 Å². The predicted octanol–water partition coefficient (Wildman–Crippen LogP) is 2.70. The van der Waals surface area contributed by atoms with Crippen molar-refractivity contribution in [1.82, 2.24) is 10.3 Å². The van der Waals surface area contributed by atoms with E-state index in [1.54, 1.807) is 0 Å². The molecule has 0 bridgehead atoms. The lowest BCUT2D eigenvalue weighted by molar-refractivity contribution is 0.534. The molecule has 1 aromatic rings. The molecule has 1 unspecified atom stereocenters. The van der Waals surface area contributed by atoms with E-state index in [0.717, 1.165) is 23.5 Å². The van der Waals surface area contributed by atoms with Crippen molar-refractivity contribution in [2.24, 2.45) is 0 Å². The first kappa shape index (κ1) is 16.6. The molecule has 1 heterocycles. The van der Waals surface area contributed by atoms with Crippen LogP contribution in [-0.2, 0) is 22.1 Å². The summed E-state index contributed by atoms with van der Waals surface area (Å²) in [5, 5.41) is 4.14. The molecule has 0 aromatic carbocycles. The number of nitrogens with one attached hydrogen (secondary N) is 1. The van der Waals surface area contributed by atoms with Crippen molar-refractivity contribution in [3.63, 3.8) is 0 Å². The van der Waals surface area contributed by atoms with Gasteiger partial charge >= 0.3 is 0 Å². The number of aromatic nitrogens is 1. The Morgan fingerprint density at radius 1 is 1.32 bits per heavy atom. The SMILES string of the molecule is CCC(C)NCc1sc(CS(C)(=O)=O)nc1C(C)C. The Bertz CT molecular complexity index is 507. The molecule has 1 rings (SSSR count). The van der Waals surface area contributed by atoms with Crippen molar-refractivity contribution in [2.45, 2.75) is 58.4 Å². The molecule has 1 N–H and O–H groups in total. The minimum absolute atomic E-state index is 0.0424. The Balaban J connectivity index is 2.89. The number of thiazole rings is 1. The molecule has 0 saturated carbocycles. The highest BCUT2D eigenvalue weighted by atomic mass is 32.2. The third kappa shape index (κ3) is 5.58. The van der Waals surface area contributed by atoms with Crippen LogP contribution in [0.3, 0.4) is 0 Å². The molecule has 19 heavy (non-hydrogen) atoms. The fraction of sp³-hybridized carbons (Fsp3) is 0.769. The molecule has 6 heteroatoms. The first-order chi connectivity index (χ1) is 8.73. The Kier molecular flexibility index (Phi) is 5.95. The van der Waals surface area contributed by atoms with E-state index in [-0.39, 0.29) is 5.75 Å². The van der Waals surface area contributed by atoms with Gasteiger partial charge in [0.05, 0.1) is 5.69 Å². The monoisotopic (exact) mass is 304 g/mol. The van der Waals surface area contributed by atoms with E-state index >= 15 is 0 Å². The summed E-state index contributed by atoms with van der Waals surface area (Å²) in [7, 11) is -3.01. The number of hydrogen-bond donors (Lipinski definition) is 1. The lowest BCUT2D eigenvalue weighted by Crippen LogP contribution is -2.24. The van der Waals surface area contributed by atoms with Gasteiger partial charge in [-0.3, -0.25) is 0 Å². The van der Waals surface area contributed by atoms with E-state index in [1.807, 2.05) is 0 Å². The highest BCUT2D eigenvalue weighted by Crippen LogP contribution is 2.26. The van der Waals surface area contributed by atoms with E-state index in [0.29, 0.717) is 17.0 Å². The highest BCUT2D eigenvalue weighted by Gasteiger charge is 2.17. The Hall–Kier alpha value is -0.460. The Morgan fingerprint density at radius 2 is 1.95 bits per heavy atom. The fourth-order valence-electron chi connectivity index (χ4n) is 1.69. The molecule has 0 radical (unpaired) electrons. The van der Waals surface area contributed by atoms with Gasteiger partial charge in [0, 0.05) is 23.7 Å². The van der Waals surface area contributed by atoms with Crippen LogP contribution in [0.4, 0.5) is 0 Å². The average Bonchev–Trinajstić information content (AvgIpc) is 2.66. The third-order valence-electron chi connectivity index (χ3n) is 2.93. The largest absolute Gasteiger partial charge is 0.309 e. The molecule has 4 nitrogen and oxygen atoms in total. The summed E-state index contributed by atoms with van der Waals surface area (Å²) in [4.78, 5) is 5.66. The van der Waals surface area contributed by atoms with E-state index in [4.69, 9.17) is 0 Å². The smallest absolute Gasteiger partial charge is 0.153 e. The zero-order valence-corrected chi connectivity index (χ0v) is 14.0. The minimum Gasteiger partial charge on any atom is -0.309 e. The summed E-state index contributed by atoms with van der Waals surface area (Å²) in [5.74, 6) is 0.360. The summed E-state index contributed by atoms with van der Waals surface area (Å²) in [6.07, 6.45) is 2.33. The van der Waals surface area contributed by atoms with Gasteiger partial charge in [-0.25, -0.2) is 13.4 Å². The molecule has 0 saturated heterocycles. The van der Waals surface area contributed by atoms with Crippen molar-refractivity contribution in [1.29, 1.82) is 0 Å². The second kappa shape index (κ2) is 6.81. The van der Waals surface area contributed by atoms with E-state index in [2.05, 4.69) is 38.0 Å². The maximum atomic E-state index is 11.4. The molecule has 0 fully saturated rings. The molecular weight excluding hydrogens is 280 g/mol. The van der Waals surface area contributed by atoms with Gasteiger partial charge in [0.2, 0.25) is 0 Å². The number of hydrogen-bond acceptors (Lipinski definition) is 5. The first-order valence-electron chi connectivity index (χ1n) is 6.62. The molecule has 110 valence electrons. The van der Waals surface area contributed by atoms with Crippen LogP contribution in [0.2, 0.25) is 0 Å². The van der Waals surface area contributed by atoms with E-state index in [1.165, 1.54) is 17.6 Å². The quantitative estimate of drug-likeness (QED) is 0.841. The van der Waals surface area contributed by atoms with Gasteiger partial charge < -0.3 is 5.32 Å². The second-order valence-electron chi connectivity index (χ2n) is 5.33. The minimum atomic E-state index is -3.01. The van der Waals surface area contributed by atoms with Crippen molar-refractivity contribution in [3.05, 3.63) is 15.6 Å². The van der Waals surface area contributed by atoms with E-state index < -0.39 is 9.84 Å². The maximum absolute atomic E-state index is 11.4. The molecule has 0 amide bonds. The van der Waals surface area contributed by atoms with Gasteiger partial charge in [0.15, 0.2) is 9.84 Å².